The van der Waals surface area contributed by atoms with E-state index in [1.165, 1.54) is 6.42 Å². The Morgan fingerprint density at radius 3 is 1.60 bits per heavy atom. The number of carbonyl (C=O) groups is 3. The van der Waals surface area contributed by atoms with E-state index in [0.29, 0.717) is 6.42 Å². The van der Waals surface area contributed by atoms with E-state index in [-0.39, 0.29) is 0 Å². The van der Waals surface area contributed by atoms with E-state index in [1.807, 2.05) is 0 Å². The molecule has 0 rings (SSSR count). The third-order valence-electron chi connectivity index (χ3n) is 1.43. The molecule has 0 aromatic heterocycles. The number of unbranched alkanes of at least 4 members (excludes halogenated alkanes) is 3. The Morgan fingerprint density at radius 1 is 0.867 bits per heavy atom. The van der Waals surface area contributed by atoms with Gasteiger partial charge in [-0.3, -0.25) is 4.79 Å². The Labute approximate surface area is 87.5 Å². The fraction of sp³-hybridized carbons (Fsp3) is 0.667. The monoisotopic (exact) mass is 220 g/mol. The Morgan fingerprint density at radius 2 is 1.33 bits per heavy atom. The lowest BCUT2D eigenvalue weighted by molar-refractivity contribution is -0.159. The van der Waals surface area contributed by atoms with Crippen LogP contribution >= 0.6 is 0 Å². The molecule has 15 heavy (non-hydrogen) atoms. The van der Waals surface area contributed by atoms with Gasteiger partial charge in [0.2, 0.25) is 0 Å². The summed E-state index contributed by atoms with van der Waals surface area (Å²) < 4.78 is 0. The highest BCUT2D eigenvalue weighted by Crippen LogP contribution is 2.01. The molecule has 0 aliphatic rings. The van der Waals surface area contributed by atoms with E-state index in [0.717, 1.165) is 19.3 Å². The summed E-state index contributed by atoms with van der Waals surface area (Å²) in [5.41, 5.74) is 0. The quantitative estimate of drug-likeness (QED) is 0.474. The zero-order valence-corrected chi connectivity index (χ0v) is 8.60. The Balaban J connectivity index is 0. The summed E-state index contributed by atoms with van der Waals surface area (Å²) in [5.74, 6) is -4.32. The minimum absolute atomic E-state index is 0.333. The Bertz CT molecular complexity index is 199. The fourth-order valence-electron chi connectivity index (χ4n) is 0.703. The molecule has 0 heterocycles. The maximum Gasteiger partial charge on any atom is 0.414 e. The normalized spacial score (nSPS) is 8.60. The third-order valence-corrected chi connectivity index (χ3v) is 1.43. The zero-order valence-electron chi connectivity index (χ0n) is 8.60. The first kappa shape index (κ1) is 15.9. The molecule has 6 nitrogen and oxygen atoms in total. The average Bonchev–Trinajstić information content (AvgIpc) is 2.13. The molecule has 0 aliphatic heterocycles. The number of aliphatic carboxylic acids is 3. The Hall–Kier alpha value is -1.59. The summed E-state index contributed by atoms with van der Waals surface area (Å²) >= 11 is 0. The van der Waals surface area contributed by atoms with Crippen molar-refractivity contribution < 1.29 is 29.7 Å². The maximum absolute atomic E-state index is 9.96. The molecular formula is C9H16O6. The van der Waals surface area contributed by atoms with Gasteiger partial charge in [-0.15, -0.1) is 0 Å². The second-order valence-corrected chi connectivity index (χ2v) is 2.81. The summed E-state index contributed by atoms with van der Waals surface area (Å²) in [4.78, 5) is 28.2. The van der Waals surface area contributed by atoms with E-state index in [2.05, 4.69) is 6.92 Å². The molecule has 0 saturated carbocycles. The predicted molar refractivity (Wildman–Crippen MR) is 51.7 cm³/mol. The number of rotatable bonds is 5. The van der Waals surface area contributed by atoms with Crippen LogP contribution in [0, 0.1) is 0 Å². The van der Waals surface area contributed by atoms with Crippen molar-refractivity contribution in [2.45, 2.75) is 39.0 Å². The fourth-order valence-corrected chi connectivity index (χ4v) is 0.703. The lowest BCUT2D eigenvalue weighted by Gasteiger charge is -1.92. The van der Waals surface area contributed by atoms with Crippen LogP contribution < -0.4 is 0 Å². The van der Waals surface area contributed by atoms with E-state index in [9.17, 15) is 4.79 Å². The molecule has 0 aliphatic carbocycles. The maximum atomic E-state index is 9.96. The zero-order chi connectivity index (χ0) is 12.3. The van der Waals surface area contributed by atoms with Crippen LogP contribution in [0.25, 0.3) is 0 Å². The van der Waals surface area contributed by atoms with Gasteiger partial charge in [-0.1, -0.05) is 26.2 Å². The predicted octanol–water partition coefficient (Wildman–Crippen LogP) is 1.20. The number of hydrogen-bond acceptors (Lipinski definition) is 3. The summed E-state index contributed by atoms with van der Waals surface area (Å²) in [6.45, 7) is 2.11. The molecule has 6 heteroatoms. The van der Waals surface area contributed by atoms with Crippen LogP contribution in [0.4, 0.5) is 0 Å². The summed E-state index contributed by atoms with van der Waals surface area (Å²) in [6, 6.07) is 0. The molecule has 0 aromatic rings. The highest BCUT2D eigenvalue weighted by molar-refractivity contribution is 6.27. The minimum Gasteiger partial charge on any atom is -0.481 e. The molecule has 3 N–H and O–H groups in total. The summed E-state index contributed by atoms with van der Waals surface area (Å²) in [7, 11) is 0. The molecule has 88 valence electrons. The van der Waals surface area contributed by atoms with Crippen LogP contribution in [-0.2, 0) is 14.4 Å². The lowest BCUT2D eigenvalue weighted by Crippen LogP contribution is -2.09. The molecule has 0 aromatic carbocycles. The van der Waals surface area contributed by atoms with Gasteiger partial charge in [0.15, 0.2) is 0 Å². The van der Waals surface area contributed by atoms with Crippen molar-refractivity contribution in [1.82, 2.24) is 0 Å². The van der Waals surface area contributed by atoms with Crippen LogP contribution in [0.5, 0.6) is 0 Å². The Kier molecular flexibility index (Phi) is 11.1. The number of carboxylic acids is 3. The van der Waals surface area contributed by atoms with Crippen LogP contribution in [-0.4, -0.2) is 33.2 Å². The van der Waals surface area contributed by atoms with Gasteiger partial charge in [-0.05, 0) is 6.42 Å². The van der Waals surface area contributed by atoms with E-state index >= 15 is 0 Å². The second kappa shape index (κ2) is 10.5. The molecule has 0 fully saturated rings. The molecule has 0 unspecified atom stereocenters. The SMILES string of the molecule is CCCCCCC(=O)O.O=C(O)C(=O)O. The smallest absolute Gasteiger partial charge is 0.414 e. The molecule has 0 radical (unpaired) electrons. The molecule has 0 saturated heterocycles. The van der Waals surface area contributed by atoms with Crippen LogP contribution in [0.1, 0.15) is 39.0 Å². The van der Waals surface area contributed by atoms with Crippen LogP contribution in [0.2, 0.25) is 0 Å². The van der Waals surface area contributed by atoms with E-state index in [1.54, 1.807) is 0 Å². The topological polar surface area (TPSA) is 112 Å². The highest BCUT2D eigenvalue weighted by atomic mass is 16.4. The van der Waals surface area contributed by atoms with Crippen LogP contribution in [0.3, 0.4) is 0 Å². The van der Waals surface area contributed by atoms with E-state index < -0.39 is 17.9 Å². The molecule has 0 spiro atoms. The van der Waals surface area contributed by atoms with Gasteiger partial charge in [0, 0.05) is 6.42 Å². The first-order chi connectivity index (χ1) is 6.91. The second-order valence-electron chi connectivity index (χ2n) is 2.81. The van der Waals surface area contributed by atoms with Crippen molar-refractivity contribution in [3.05, 3.63) is 0 Å². The summed E-state index contributed by atoms with van der Waals surface area (Å²) in [5, 5.41) is 23.0. The first-order valence-corrected chi connectivity index (χ1v) is 4.59. The average molecular weight is 220 g/mol. The van der Waals surface area contributed by atoms with Gasteiger partial charge in [0.25, 0.3) is 0 Å². The van der Waals surface area contributed by atoms with Crippen molar-refractivity contribution >= 4 is 17.9 Å². The van der Waals surface area contributed by atoms with Crippen molar-refractivity contribution in [1.29, 1.82) is 0 Å². The van der Waals surface area contributed by atoms with Gasteiger partial charge in [-0.2, -0.15) is 0 Å². The van der Waals surface area contributed by atoms with Crippen molar-refractivity contribution in [3.8, 4) is 0 Å². The lowest BCUT2D eigenvalue weighted by atomic mass is 10.2. The van der Waals surface area contributed by atoms with Gasteiger partial charge in [0.05, 0.1) is 0 Å². The number of hydrogen-bond donors (Lipinski definition) is 3. The highest BCUT2D eigenvalue weighted by Gasteiger charge is 2.04. The third kappa shape index (κ3) is 19.0. The number of carboxylic acid groups (broad SMARTS) is 3. The van der Waals surface area contributed by atoms with Crippen molar-refractivity contribution in [3.63, 3.8) is 0 Å². The standard InChI is InChI=1S/C7H14O2.C2H2O4/c1-2-3-4-5-6-7(8)9;3-1(4)2(5)6/h2-6H2,1H3,(H,8,9);(H,3,4)(H,5,6). The summed E-state index contributed by atoms with van der Waals surface area (Å²) in [6.07, 6.45) is 4.55. The van der Waals surface area contributed by atoms with Gasteiger partial charge in [-0.25, -0.2) is 9.59 Å². The minimum atomic E-state index is -1.82. The first-order valence-electron chi connectivity index (χ1n) is 4.59. The van der Waals surface area contributed by atoms with Gasteiger partial charge < -0.3 is 15.3 Å². The molecule has 0 bridgehead atoms. The molecule has 0 atom stereocenters. The van der Waals surface area contributed by atoms with Crippen molar-refractivity contribution in [2.75, 3.05) is 0 Å². The molecule has 0 amide bonds. The van der Waals surface area contributed by atoms with Gasteiger partial charge in [0.1, 0.15) is 0 Å². The molecular weight excluding hydrogens is 204 g/mol. The van der Waals surface area contributed by atoms with Gasteiger partial charge >= 0.3 is 17.9 Å². The van der Waals surface area contributed by atoms with E-state index in [4.69, 9.17) is 24.9 Å². The van der Waals surface area contributed by atoms with Crippen molar-refractivity contribution in [2.24, 2.45) is 0 Å². The largest absolute Gasteiger partial charge is 0.481 e. The van der Waals surface area contributed by atoms with Crippen LogP contribution in [0.15, 0.2) is 0 Å².